The van der Waals surface area contributed by atoms with E-state index in [0.29, 0.717) is 47.6 Å². The van der Waals surface area contributed by atoms with Gasteiger partial charge in [-0.2, -0.15) is 5.10 Å². The molecular formula is C31H29ClF2N6O4. The van der Waals surface area contributed by atoms with Gasteiger partial charge < -0.3 is 15.4 Å². The Balaban J connectivity index is 1.51. The number of nitrogens with zero attached hydrogens (tertiary/aromatic N) is 3. The second-order valence-corrected chi connectivity index (χ2v) is 10.9. The highest BCUT2D eigenvalue weighted by molar-refractivity contribution is 6.30. The molecule has 0 aliphatic carbocycles. The standard InChI is InChI=1S/C31H29ClF2N6O4/c1-16-6-4-8-24(38-30(42)21-14-36-40(17(21)2)27-9-5-7-22(32)28(27)34)20-13-25(35-15-23(20)33)19-11-10-18(37-31(43)44-3)12-26(19)39-29(16)41/h5,7,9-16,24H,4,6,8H2,1-3H3,(H,37,43)(H,38,42)(H,39,41)/t16-,24-/m0/s1. The summed E-state index contributed by atoms with van der Waals surface area (Å²) in [5.41, 5.74) is 2.38. The number of fused-ring (bicyclic) bond motifs is 4. The van der Waals surface area contributed by atoms with Crippen LogP contribution in [0.1, 0.15) is 53.8 Å². The third kappa shape index (κ3) is 6.25. The van der Waals surface area contributed by atoms with Crippen LogP contribution in [0.25, 0.3) is 16.9 Å². The molecule has 2 aromatic heterocycles. The molecule has 44 heavy (non-hydrogen) atoms. The molecule has 0 spiro atoms. The highest BCUT2D eigenvalue weighted by atomic mass is 35.5. The summed E-state index contributed by atoms with van der Waals surface area (Å²) in [6.07, 6.45) is 2.97. The molecule has 10 nitrogen and oxygen atoms in total. The maximum absolute atomic E-state index is 15.4. The monoisotopic (exact) mass is 622 g/mol. The molecule has 0 unspecified atom stereocenters. The molecule has 1 aliphatic heterocycles. The zero-order chi connectivity index (χ0) is 31.5. The van der Waals surface area contributed by atoms with Gasteiger partial charge in [-0.15, -0.1) is 0 Å². The number of halogens is 3. The molecule has 0 saturated carbocycles. The first kappa shape index (κ1) is 30.6. The molecule has 3 N–H and O–H groups in total. The number of benzene rings is 2. The van der Waals surface area contributed by atoms with E-state index in [1.807, 2.05) is 0 Å². The minimum Gasteiger partial charge on any atom is -0.453 e. The van der Waals surface area contributed by atoms with Crippen LogP contribution in [0, 0.1) is 24.5 Å². The number of anilines is 2. The molecule has 0 saturated heterocycles. The molecule has 0 fully saturated rings. The summed E-state index contributed by atoms with van der Waals surface area (Å²) in [5.74, 6) is -2.49. The minimum absolute atomic E-state index is 0.0824. The SMILES string of the molecule is COC(=O)Nc1ccc2c(c1)NC(=O)[C@@H](C)CCC[C@H](NC(=O)c1cnn(-c3cccc(Cl)c3F)c1C)c1cc-2ncc1F. The van der Waals surface area contributed by atoms with Crippen molar-refractivity contribution in [2.75, 3.05) is 17.7 Å². The first-order valence-electron chi connectivity index (χ1n) is 13.8. The van der Waals surface area contributed by atoms with Gasteiger partial charge in [0.15, 0.2) is 5.82 Å². The second-order valence-electron chi connectivity index (χ2n) is 10.4. The van der Waals surface area contributed by atoms with Gasteiger partial charge in [-0.1, -0.05) is 31.0 Å². The molecule has 2 bridgehead atoms. The molecule has 2 atom stereocenters. The fraction of sp³-hybridized carbons (Fsp3) is 0.258. The molecule has 0 radical (unpaired) electrons. The van der Waals surface area contributed by atoms with Crippen LogP contribution < -0.4 is 16.0 Å². The van der Waals surface area contributed by atoms with Crippen molar-refractivity contribution < 1.29 is 27.9 Å². The van der Waals surface area contributed by atoms with Crippen LogP contribution in [-0.2, 0) is 9.53 Å². The summed E-state index contributed by atoms with van der Waals surface area (Å²) in [6.45, 7) is 3.39. The summed E-state index contributed by atoms with van der Waals surface area (Å²) in [7, 11) is 1.23. The van der Waals surface area contributed by atoms with Crippen molar-refractivity contribution in [1.82, 2.24) is 20.1 Å². The third-order valence-electron chi connectivity index (χ3n) is 7.54. The molecule has 1 aliphatic rings. The molecule has 4 aromatic rings. The highest BCUT2D eigenvalue weighted by Gasteiger charge is 2.26. The Morgan fingerprint density at radius 2 is 1.93 bits per heavy atom. The summed E-state index contributed by atoms with van der Waals surface area (Å²) in [6, 6.07) is 10.0. The Bertz CT molecular complexity index is 1760. The van der Waals surface area contributed by atoms with Crippen molar-refractivity contribution in [2.45, 2.75) is 39.2 Å². The van der Waals surface area contributed by atoms with Gasteiger partial charge in [-0.3, -0.25) is 19.9 Å². The first-order valence-corrected chi connectivity index (χ1v) is 14.2. The predicted molar refractivity (Wildman–Crippen MR) is 161 cm³/mol. The molecule has 2 aromatic carbocycles. The van der Waals surface area contributed by atoms with E-state index >= 15 is 4.39 Å². The molecule has 13 heteroatoms. The van der Waals surface area contributed by atoms with Crippen LogP contribution in [0.2, 0.25) is 5.02 Å². The predicted octanol–water partition coefficient (Wildman–Crippen LogP) is 6.58. The smallest absolute Gasteiger partial charge is 0.411 e. The lowest BCUT2D eigenvalue weighted by molar-refractivity contribution is -0.119. The van der Waals surface area contributed by atoms with E-state index in [1.165, 1.54) is 36.2 Å². The van der Waals surface area contributed by atoms with E-state index in [9.17, 15) is 18.8 Å². The first-order chi connectivity index (χ1) is 21.1. The highest BCUT2D eigenvalue weighted by Crippen LogP contribution is 2.34. The van der Waals surface area contributed by atoms with E-state index in [2.05, 4.69) is 30.8 Å². The summed E-state index contributed by atoms with van der Waals surface area (Å²) in [4.78, 5) is 42.7. The van der Waals surface area contributed by atoms with Gasteiger partial charge in [0.05, 0.1) is 53.2 Å². The van der Waals surface area contributed by atoms with E-state index in [-0.39, 0.29) is 27.7 Å². The van der Waals surface area contributed by atoms with Crippen molar-refractivity contribution in [3.8, 4) is 16.9 Å². The van der Waals surface area contributed by atoms with E-state index in [1.54, 1.807) is 38.1 Å². The van der Waals surface area contributed by atoms with Gasteiger partial charge in [0.25, 0.3) is 5.91 Å². The molecule has 3 heterocycles. The minimum atomic E-state index is -0.784. The van der Waals surface area contributed by atoms with Crippen LogP contribution in [0.4, 0.5) is 25.0 Å². The van der Waals surface area contributed by atoms with Crippen LogP contribution >= 0.6 is 11.6 Å². The van der Waals surface area contributed by atoms with Gasteiger partial charge in [0.2, 0.25) is 5.91 Å². The van der Waals surface area contributed by atoms with Gasteiger partial charge >= 0.3 is 6.09 Å². The van der Waals surface area contributed by atoms with E-state index in [0.717, 1.165) is 6.20 Å². The second kappa shape index (κ2) is 12.8. The van der Waals surface area contributed by atoms with Crippen LogP contribution in [0.15, 0.2) is 54.9 Å². The van der Waals surface area contributed by atoms with Crippen LogP contribution in [-0.4, -0.2) is 39.8 Å². The lowest BCUT2D eigenvalue weighted by Crippen LogP contribution is -2.30. The van der Waals surface area contributed by atoms with Crippen molar-refractivity contribution >= 4 is 40.9 Å². The number of carbonyl (C=O) groups excluding carboxylic acids is 3. The van der Waals surface area contributed by atoms with E-state index < -0.39 is 35.6 Å². The van der Waals surface area contributed by atoms with Crippen molar-refractivity contribution in [2.24, 2.45) is 5.92 Å². The maximum atomic E-state index is 15.4. The van der Waals surface area contributed by atoms with Gasteiger partial charge in [-0.25, -0.2) is 18.3 Å². The molecular weight excluding hydrogens is 594 g/mol. The summed E-state index contributed by atoms with van der Waals surface area (Å²) >= 11 is 5.94. The number of amides is 3. The Morgan fingerprint density at radius 3 is 2.70 bits per heavy atom. The van der Waals surface area contributed by atoms with Gasteiger partial charge in [-0.05, 0) is 56.2 Å². The zero-order valence-electron chi connectivity index (χ0n) is 24.1. The number of carbonyl (C=O) groups is 3. The summed E-state index contributed by atoms with van der Waals surface area (Å²) in [5, 5.41) is 12.5. The van der Waals surface area contributed by atoms with Crippen molar-refractivity contribution in [3.63, 3.8) is 0 Å². The quantitative estimate of drug-likeness (QED) is 0.236. The molecule has 5 rings (SSSR count). The lowest BCUT2D eigenvalue weighted by atomic mass is 9.94. The molecule has 3 amide bonds. The topological polar surface area (TPSA) is 127 Å². The lowest BCUT2D eigenvalue weighted by Gasteiger charge is -2.23. The van der Waals surface area contributed by atoms with Gasteiger partial charge in [0, 0.05) is 22.7 Å². The fourth-order valence-corrected chi connectivity index (χ4v) is 5.24. The Labute approximate surface area is 256 Å². The fourth-order valence-electron chi connectivity index (χ4n) is 5.07. The Morgan fingerprint density at radius 1 is 1.14 bits per heavy atom. The number of nitrogens with one attached hydrogen (secondary N) is 3. The summed E-state index contributed by atoms with van der Waals surface area (Å²) < 4.78 is 36.0. The Kier molecular flexibility index (Phi) is 8.91. The Hall–Kier alpha value is -4.84. The maximum Gasteiger partial charge on any atom is 0.411 e. The van der Waals surface area contributed by atoms with Crippen LogP contribution in [0.5, 0.6) is 0 Å². The molecule has 228 valence electrons. The number of aromatic nitrogens is 3. The zero-order valence-corrected chi connectivity index (χ0v) is 24.8. The van der Waals surface area contributed by atoms with Gasteiger partial charge in [0.1, 0.15) is 11.5 Å². The van der Waals surface area contributed by atoms with Crippen molar-refractivity contribution in [1.29, 1.82) is 0 Å². The van der Waals surface area contributed by atoms with E-state index in [4.69, 9.17) is 11.6 Å². The normalized spacial score (nSPS) is 16.5. The average molecular weight is 623 g/mol. The number of hydrogen-bond donors (Lipinski definition) is 3. The number of ether oxygens (including phenoxy) is 1. The van der Waals surface area contributed by atoms with Crippen molar-refractivity contribution in [3.05, 3.63) is 88.3 Å². The van der Waals surface area contributed by atoms with Crippen LogP contribution in [0.3, 0.4) is 0 Å². The number of pyridine rings is 1. The largest absolute Gasteiger partial charge is 0.453 e. The number of rotatable bonds is 4. The number of methoxy groups -OCH3 is 1. The number of hydrogen-bond acceptors (Lipinski definition) is 6. The average Bonchev–Trinajstić information content (AvgIpc) is 3.38. The third-order valence-corrected chi connectivity index (χ3v) is 7.83.